The van der Waals surface area contributed by atoms with Crippen LogP contribution in [-0.2, 0) is 17.8 Å². The maximum Gasteiger partial charge on any atom is 0.353 e. The molecule has 2 aromatic heterocycles. The maximum atomic E-state index is 12.1. The number of nitrogens with one attached hydrogen (secondary N) is 3. The standard InChI is InChI=1S/C26H27N7O4/c1-17(34)30-18-6-4-7-19(14-18)37-13-5-11-27-25-24(33(35)36)26(29-16-28-25)32-12-10-21-20-8-2-3-9-22(20)31-23(21)15-32/h2-4,6-9,14,16,31H,5,10-13,15H2,1H3,(H,30,34)(H,27,28,29). The molecule has 3 heterocycles. The fourth-order valence-electron chi connectivity index (χ4n) is 4.61. The molecule has 0 saturated carbocycles. The third-order valence-electron chi connectivity index (χ3n) is 6.20. The molecule has 0 fully saturated rings. The zero-order valence-electron chi connectivity index (χ0n) is 20.4. The van der Waals surface area contributed by atoms with Gasteiger partial charge >= 0.3 is 5.69 Å². The minimum atomic E-state index is -0.428. The summed E-state index contributed by atoms with van der Waals surface area (Å²) >= 11 is 0. The van der Waals surface area contributed by atoms with Gasteiger partial charge in [0.25, 0.3) is 0 Å². The van der Waals surface area contributed by atoms with Crippen LogP contribution in [0.15, 0.2) is 54.9 Å². The number of nitrogens with zero attached hydrogens (tertiary/aromatic N) is 4. The van der Waals surface area contributed by atoms with E-state index in [1.54, 1.807) is 24.3 Å². The molecular weight excluding hydrogens is 474 g/mol. The van der Waals surface area contributed by atoms with Gasteiger partial charge in [0.1, 0.15) is 12.1 Å². The fourth-order valence-corrected chi connectivity index (χ4v) is 4.61. The quantitative estimate of drug-likeness (QED) is 0.176. The number of anilines is 3. The van der Waals surface area contributed by atoms with E-state index >= 15 is 0 Å². The monoisotopic (exact) mass is 501 g/mol. The van der Waals surface area contributed by atoms with E-state index in [0.29, 0.717) is 49.9 Å². The molecule has 2 aromatic carbocycles. The van der Waals surface area contributed by atoms with Crippen molar-refractivity contribution in [3.8, 4) is 5.75 Å². The largest absolute Gasteiger partial charge is 0.493 e. The van der Waals surface area contributed by atoms with Gasteiger partial charge in [-0.25, -0.2) is 9.97 Å². The Morgan fingerprint density at radius 3 is 2.92 bits per heavy atom. The van der Waals surface area contributed by atoms with Crippen molar-refractivity contribution < 1.29 is 14.5 Å². The normalized spacial score (nSPS) is 12.7. The van der Waals surface area contributed by atoms with Crippen molar-refractivity contribution in [1.29, 1.82) is 0 Å². The number of rotatable bonds is 9. The first-order valence-electron chi connectivity index (χ1n) is 12.1. The second-order valence-electron chi connectivity index (χ2n) is 8.79. The van der Waals surface area contributed by atoms with Crippen molar-refractivity contribution in [2.75, 3.05) is 35.2 Å². The summed E-state index contributed by atoms with van der Waals surface area (Å²) in [5, 5.41) is 19.0. The van der Waals surface area contributed by atoms with E-state index in [9.17, 15) is 14.9 Å². The van der Waals surface area contributed by atoms with Crippen molar-refractivity contribution >= 4 is 39.8 Å². The number of aromatic amines is 1. The number of fused-ring (bicyclic) bond motifs is 3. The van der Waals surface area contributed by atoms with Gasteiger partial charge in [0, 0.05) is 48.4 Å². The Balaban J connectivity index is 1.23. The molecule has 0 saturated heterocycles. The zero-order chi connectivity index (χ0) is 25.8. The lowest BCUT2D eigenvalue weighted by molar-refractivity contribution is -0.383. The molecule has 0 atom stereocenters. The fraction of sp³-hybridized carbons (Fsp3) is 0.269. The number of hydrogen-bond donors (Lipinski definition) is 3. The summed E-state index contributed by atoms with van der Waals surface area (Å²) in [4.78, 5) is 36.7. The van der Waals surface area contributed by atoms with Crippen molar-refractivity contribution in [3.05, 3.63) is 76.2 Å². The molecule has 37 heavy (non-hydrogen) atoms. The number of aromatic nitrogens is 3. The Bertz CT molecular complexity index is 1450. The Morgan fingerprint density at radius 2 is 2.08 bits per heavy atom. The van der Waals surface area contributed by atoms with Gasteiger partial charge in [-0.15, -0.1) is 0 Å². The number of benzene rings is 2. The van der Waals surface area contributed by atoms with Gasteiger partial charge in [0.15, 0.2) is 0 Å². The highest BCUT2D eigenvalue weighted by Gasteiger charge is 2.30. The molecular formula is C26H27N7O4. The van der Waals surface area contributed by atoms with Crippen LogP contribution in [0.1, 0.15) is 24.6 Å². The summed E-state index contributed by atoms with van der Waals surface area (Å²) in [7, 11) is 0. The van der Waals surface area contributed by atoms with Crippen LogP contribution in [0.3, 0.4) is 0 Å². The van der Waals surface area contributed by atoms with Crippen LogP contribution in [-0.4, -0.2) is 45.5 Å². The van der Waals surface area contributed by atoms with Gasteiger partial charge in [-0.1, -0.05) is 24.3 Å². The highest BCUT2D eigenvalue weighted by Crippen LogP contribution is 2.36. The van der Waals surface area contributed by atoms with E-state index in [1.807, 2.05) is 23.1 Å². The maximum absolute atomic E-state index is 12.1. The number of amides is 1. The van der Waals surface area contributed by atoms with Gasteiger partial charge in [-0.3, -0.25) is 14.9 Å². The lowest BCUT2D eigenvalue weighted by Gasteiger charge is -2.27. The molecule has 0 spiro atoms. The summed E-state index contributed by atoms with van der Waals surface area (Å²) in [5.41, 5.74) is 3.90. The number of hydrogen-bond acceptors (Lipinski definition) is 8. The predicted octanol–water partition coefficient (Wildman–Crippen LogP) is 4.27. The van der Waals surface area contributed by atoms with Gasteiger partial charge in [0.05, 0.1) is 18.1 Å². The minimum absolute atomic E-state index is 0.133. The average Bonchev–Trinajstić information content (AvgIpc) is 3.26. The second-order valence-corrected chi connectivity index (χ2v) is 8.79. The molecule has 11 heteroatoms. The SMILES string of the molecule is CC(=O)Nc1cccc(OCCCNc2ncnc(N3CCc4c([nH]c5ccccc45)C3)c2[N+](=O)[O-])c1. The van der Waals surface area contributed by atoms with Crippen molar-refractivity contribution in [3.63, 3.8) is 0 Å². The molecule has 0 unspecified atom stereocenters. The van der Waals surface area contributed by atoms with E-state index < -0.39 is 4.92 Å². The minimum Gasteiger partial charge on any atom is -0.493 e. The molecule has 1 aliphatic heterocycles. The van der Waals surface area contributed by atoms with E-state index in [1.165, 1.54) is 24.2 Å². The Morgan fingerprint density at radius 1 is 1.22 bits per heavy atom. The Kier molecular flexibility index (Phi) is 6.84. The van der Waals surface area contributed by atoms with Crippen LogP contribution < -0.4 is 20.3 Å². The lowest BCUT2D eigenvalue weighted by Crippen LogP contribution is -2.31. The van der Waals surface area contributed by atoms with Crippen LogP contribution in [0.25, 0.3) is 10.9 Å². The van der Waals surface area contributed by atoms with Gasteiger partial charge in [0.2, 0.25) is 17.5 Å². The molecule has 5 rings (SSSR count). The summed E-state index contributed by atoms with van der Waals surface area (Å²) in [6.45, 7) is 3.39. The molecule has 11 nitrogen and oxygen atoms in total. The predicted molar refractivity (Wildman–Crippen MR) is 141 cm³/mol. The highest BCUT2D eigenvalue weighted by molar-refractivity contribution is 5.88. The molecule has 4 aromatic rings. The first kappa shape index (κ1) is 24.0. The molecule has 190 valence electrons. The van der Waals surface area contributed by atoms with Gasteiger partial charge in [-0.2, -0.15) is 0 Å². The summed E-state index contributed by atoms with van der Waals surface area (Å²) in [6, 6.07) is 15.3. The van der Waals surface area contributed by atoms with Crippen LogP contribution in [0.2, 0.25) is 0 Å². The van der Waals surface area contributed by atoms with Crippen LogP contribution in [0, 0.1) is 10.1 Å². The van der Waals surface area contributed by atoms with E-state index in [-0.39, 0.29) is 17.4 Å². The molecule has 1 aliphatic rings. The van der Waals surface area contributed by atoms with Crippen LogP contribution in [0.5, 0.6) is 5.75 Å². The molecule has 1 amide bonds. The van der Waals surface area contributed by atoms with Crippen molar-refractivity contribution in [2.45, 2.75) is 26.3 Å². The highest BCUT2D eigenvalue weighted by atomic mass is 16.6. The molecule has 0 bridgehead atoms. The van der Waals surface area contributed by atoms with E-state index in [2.05, 4.69) is 31.7 Å². The summed E-state index contributed by atoms with van der Waals surface area (Å²) < 4.78 is 5.75. The van der Waals surface area contributed by atoms with Crippen LogP contribution >= 0.6 is 0 Å². The third-order valence-corrected chi connectivity index (χ3v) is 6.20. The first-order valence-corrected chi connectivity index (χ1v) is 12.1. The number of para-hydroxylation sites is 1. The molecule has 3 N–H and O–H groups in total. The summed E-state index contributed by atoms with van der Waals surface area (Å²) in [6.07, 6.45) is 2.71. The smallest absolute Gasteiger partial charge is 0.353 e. The number of nitro groups is 1. The van der Waals surface area contributed by atoms with Gasteiger partial charge in [-0.05, 0) is 36.6 Å². The number of carbonyl (C=O) groups is 1. The van der Waals surface area contributed by atoms with E-state index in [0.717, 1.165) is 17.6 Å². The third kappa shape index (κ3) is 5.30. The van der Waals surface area contributed by atoms with E-state index in [4.69, 9.17) is 4.74 Å². The van der Waals surface area contributed by atoms with Crippen molar-refractivity contribution in [1.82, 2.24) is 15.0 Å². The summed E-state index contributed by atoms with van der Waals surface area (Å²) in [5.74, 6) is 0.962. The molecule has 0 radical (unpaired) electrons. The Labute approximate surface area is 213 Å². The number of H-pyrrole nitrogens is 1. The first-order chi connectivity index (χ1) is 18.0. The molecule has 0 aliphatic carbocycles. The number of carbonyl (C=O) groups excluding carboxylic acids is 1. The van der Waals surface area contributed by atoms with Crippen molar-refractivity contribution in [2.24, 2.45) is 0 Å². The van der Waals surface area contributed by atoms with Gasteiger partial charge < -0.3 is 25.3 Å². The topological polar surface area (TPSA) is 138 Å². The zero-order valence-corrected chi connectivity index (χ0v) is 20.4. The van der Waals surface area contributed by atoms with Crippen LogP contribution in [0.4, 0.5) is 23.0 Å². The Hall–Kier alpha value is -4.67. The lowest BCUT2D eigenvalue weighted by atomic mass is 10.0. The average molecular weight is 502 g/mol. The second kappa shape index (κ2) is 10.5. The number of ether oxygens (including phenoxy) is 1.